The van der Waals surface area contributed by atoms with E-state index in [1.54, 1.807) is 17.4 Å². The smallest absolute Gasteiger partial charge is 0.321 e. The molecule has 2 aliphatic rings. The molecule has 3 aromatic rings. The van der Waals surface area contributed by atoms with E-state index in [1.165, 1.54) is 0 Å². The van der Waals surface area contributed by atoms with Crippen LogP contribution >= 0.6 is 22.9 Å². The number of thiazole rings is 1. The summed E-state index contributed by atoms with van der Waals surface area (Å²) < 4.78 is 10.7. The van der Waals surface area contributed by atoms with E-state index in [0.717, 1.165) is 40.9 Å². The largest absolute Gasteiger partial charge is 0.454 e. The lowest BCUT2D eigenvalue weighted by molar-refractivity contribution is 0.142. The topological polar surface area (TPSA) is 66.9 Å². The van der Waals surface area contributed by atoms with Crippen molar-refractivity contribution in [3.63, 3.8) is 0 Å². The Morgan fingerprint density at radius 3 is 2.65 bits per heavy atom. The molecule has 1 fully saturated rings. The molecule has 2 aromatic carbocycles. The maximum absolute atomic E-state index is 12.6. The molecule has 7 nitrogen and oxygen atoms in total. The highest BCUT2D eigenvalue weighted by molar-refractivity contribution is 7.13. The van der Waals surface area contributed by atoms with Crippen LogP contribution in [-0.4, -0.2) is 53.8 Å². The summed E-state index contributed by atoms with van der Waals surface area (Å²) in [5, 5.41) is 6.76. The van der Waals surface area contributed by atoms with Crippen molar-refractivity contribution in [2.24, 2.45) is 0 Å². The van der Waals surface area contributed by atoms with Crippen LogP contribution in [0, 0.1) is 0 Å². The Balaban J connectivity index is 1.13. The van der Waals surface area contributed by atoms with E-state index in [-0.39, 0.29) is 12.8 Å². The maximum atomic E-state index is 12.6. The molecule has 0 bridgehead atoms. The van der Waals surface area contributed by atoms with Crippen molar-refractivity contribution in [1.29, 1.82) is 0 Å². The number of rotatable bonds is 4. The van der Waals surface area contributed by atoms with E-state index in [2.05, 4.69) is 15.6 Å². The van der Waals surface area contributed by atoms with Gasteiger partial charge in [-0.25, -0.2) is 9.78 Å². The van der Waals surface area contributed by atoms with Crippen molar-refractivity contribution in [2.45, 2.75) is 6.54 Å². The maximum Gasteiger partial charge on any atom is 0.321 e. The number of anilines is 1. The van der Waals surface area contributed by atoms with Gasteiger partial charge in [0.25, 0.3) is 0 Å². The zero-order valence-corrected chi connectivity index (χ0v) is 18.3. The number of piperazine rings is 1. The Morgan fingerprint density at radius 1 is 1.06 bits per heavy atom. The van der Waals surface area contributed by atoms with Crippen molar-refractivity contribution >= 4 is 34.7 Å². The number of nitrogens with zero attached hydrogens (tertiary/aromatic N) is 3. The molecule has 0 spiro atoms. The summed E-state index contributed by atoms with van der Waals surface area (Å²) in [5.41, 5.74) is 2.83. The van der Waals surface area contributed by atoms with Gasteiger partial charge in [-0.3, -0.25) is 4.90 Å². The molecule has 5 rings (SSSR count). The normalized spacial score (nSPS) is 15.8. The summed E-state index contributed by atoms with van der Waals surface area (Å²) in [6.07, 6.45) is 0. The molecule has 1 aromatic heterocycles. The molecule has 160 valence electrons. The van der Waals surface area contributed by atoms with E-state index < -0.39 is 0 Å². The molecular weight excluding hydrogens is 436 g/mol. The molecule has 3 heterocycles. The van der Waals surface area contributed by atoms with Crippen LogP contribution < -0.4 is 14.8 Å². The van der Waals surface area contributed by atoms with E-state index in [4.69, 9.17) is 26.1 Å². The molecule has 9 heteroatoms. The van der Waals surface area contributed by atoms with Crippen LogP contribution in [0.3, 0.4) is 0 Å². The first-order chi connectivity index (χ1) is 15.1. The highest BCUT2D eigenvalue weighted by Crippen LogP contribution is 2.34. The van der Waals surface area contributed by atoms with Gasteiger partial charge in [-0.05, 0) is 24.3 Å². The summed E-state index contributed by atoms with van der Waals surface area (Å²) in [5.74, 6) is 1.36. The summed E-state index contributed by atoms with van der Waals surface area (Å²) in [4.78, 5) is 21.5. The lowest BCUT2D eigenvalue weighted by Crippen LogP contribution is -2.49. The number of hydrogen-bond acceptors (Lipinski definition) is 6. The number of amides is 2. The van der Waals surface area contributed by atoms with Gasteiger partial charge in [0.1, 0.15) is 5.01 Å². The Bertz CT molecular complexity index is 1080. The minimum absolute atomic E-state index is 0.0998. The lowest BCUT2D eigenvalue weighted by Gasteiger charge is -2.34. The van der Waals surface area contributed by atoms with Crippen LogP contribution in [0.1, 0.15) is 5.69 Å². The van der Waals surface area contributed by atoms with Gasteiger partial charge in [-0.15, -0.1) is 11.3 Å². The van der Waals surface area contributed by atoms with Crippen LogP contribution in [0.4, 0.5) is 10.5 Å². The van der Waals surface area contributed by atoms with Crippen molar-refractivity contribution in [3.8, 4) is 22.1 Å². The molecule has 1 saturated heterocycles. The molecule has 0 saturated carbocycles. The molecule has 0 atom stereocenters. The van der Waals surface area contributed by atoms with Crippen LogP contribution in [0.15, 0.2) is 47.8 Å². The van der Waals surface area contributed by atoms with Crippen LogP contribution in [0.5, 0.6) is 11.5 Å². The van der Waals surface area contributed by atoms with Crippen LogP contribution in [0.2, 0.25) is 5.02 Å². The molecular formula is C22H21ClN4O3S. The van der Waals surface area contributed by atoms with Gasteiger partial charge in [0.15, 0.2) is 11.5 Å². The second-order valence-corrected chi connectivity index (χ2v) is 8.71. The number of halogens is 1. The average molecular weight is 457 g/mol. The molecule has 0 unspecified atom stereocenters. The lowest BCUT2D eigenvalue weighted by atomic mass is 10.2. The average Bonchev–Trinajstić information content (AvgIpc) is 3.44. The summed E-state index contributed by atoms with van der Waals surface area (Å²) >= 11 is 7.61. The third-order valence-corrected chi connectivity index (χ3v) is 6.50. The van der Waals surface area contributed by atoms with E-state index in [0.29, 0.717) is 30.3 Å². The Labute approximate surface area is 189 Å². The standard InChI is InChI=1S/C22H21ClN4O3S/c23-16-3-1-15(2-4-16)21-24-18(13-31-21)12-26-7-9-27(10-8-26)22(28)25-17-5-6-19-20(11-17)30-14-29-19/h1-6,11,13H,7-10,12,14H2,(H,25,28). The number of hydrogen-bond donors (Lipinski definition) is 1. The molecule has 1 N–H and O–H groups in total. The fourth-order valence-electron chi connectivity index (χ4n) is 3.62. The van der Waals surface area contributed by atoms with Crippen molar-refractivity contribution in [3.05, 3.63) is 58.6 Å². The number of nitrogens with one attached hydrogen (secondary N) is 1. The van der Waals surface area contributed by atoms with Gasteiger partial charge >= 0.3 is 6.03 Å². The number of fused-ring (bicyclic) bond motifs is 1. The molecule has 2 aliphatic heterocycles. The molecule has 0 radical (unpaired) electrons. The Kier molecular flexibility index (Phi) is 5.67. The minimum atomic E-state index is -0.0998. The second-order valence-electron chi connectivity index (χ2n) is 7.41. The quantitative estimate of drug-likeness (QED) is 0.624. The van der Waals surface area contributed by atoms with Crippen molar-refractivity contribution in [2.75, 3.05) is 38.3 Å². The molecule has 0 aliphatic carbocycles. The predicted octanol–water partition coefficient (Wildman–Crippen LogP) is 4.54. The van der Waals surface area contributed by atoms with Gasteiger partial charge in [0.2, 0.25) is 6.79 Å². The molecule has 2 amide bonds. The SMILES string of the molecule is O=C(Nc1ccc2c(c1)OCO2)N1CCN(Cc2csc(-c3ccc(Cl)cc3)n2)CC1. The van der Waals surface area contributed by atoms with E-state index in [9.17, 15) is 4.79 Å². The first kappa shape index (κ1) is 20.1. The van der Waals surface area contributed by atoms with Gasteiger partial charge in [-0.2, -0.15) is 0 Å². The number of ether oxygens (including phenoxy) is 2. The third kappa shape index (κ3) is 4.61. The van der Waals surface area contributed by atoms with Crippen LogP contribution in [0.25, 0.3) is 10.6 Å². The fourth-order valence-corrected chi connectivity index (χ4v) is 4.56. The third-order valence-electron chi connectivity index (χ3n) is 5.31. The van der Waals surface area contributed by atoms with E-state index >= 15 is 0 Å². The number of urea groups is 1. The first-order valence-electron chi connectivity index (χ1n) is 10.0. The number of carbonyl (C=O) groups is 1. The van der Waals surface area contributed by atoms with Gasteiger partial charge in [0, 0.05) is 60.4 Å². The Morgan fingerprint density at radius 2 is 1.84 bits per heavy atom. The first-order valence-corrected chi connectivity index (χ1v) is 11.3. The molecule has 31 heavy (non-hydrogen) atoms. The van der Waals surface area contributed by atoms with Gasteiger partial charge in [-0.1, -0.05) is 23.7 Å². The highest BCUT2D eigenvalue weighted by atomic mass is 35.5. The zero-order valence-electron chi connectivity index (χ0n) is 16.7. The van der Waals surface area contributed by atoms with Gasteiger partial charge in [0.05, 0.1) is 5.69 Å². The number of benzene rings is 2. The summed E-state index contributed by atoms with van der Waals surface area (Å²) in [7, 11) is 0. The van der Waals surface area contributed by atoms with Crippen LogP contribution in [-0.2, 0) is 6.54 Å². The zero-order chi connectivity index (χ0) is 21.2. The monoisotopic (exact) mass is 456 g/mol. The summed E-state index contributed by atoms with van der Waals surface area (Å²) in [6.45, 7) is 3.95. The Hall–Kier alpha value is -2.81. The van der Waals surface area contributed by atoms with Crippen molar-refractivity contribution < 1.29 is 14.3 Å². The number of aromatic nitrogens is 1. The minimum Gasteiger partial charge on any atom is -0.454 e. The fraction of sp³-hybridized carbons (Fsp3) is 0.273. The number of carbonyl (C=O) groups excluding carboxylic acids is 1. The van der Waals surface area contributed by atoms with Crippen molar-refractivity contribution in [1.82, 2.24) is 14.8 Å². The predicted molar refractivity (Wildman–Crippen MR) is 121 cm³/mol. The van der Waals surface area contributed by atoms with Gasteiger partial charge < -0.3 is 19.7 Å². The highest BCUT2D eigenvalue weighted by Gasteiger charge is 2.22. The van der Waals surface area contributed by atoms with E-state index in [1.807, 2.05) is 41.3 Å². The second kappa shape index (κ2) is 8.74. The summed E-state index contributed by atoms with van der Waals surface area (Å²) in [6, 6.07) is 13.1.